The zero-order chi connectivity index (χ0) is 13.4. The molecule has 0 saturated heterocycles. The van der Waals surface area contributed by atoms with Crippen LogP contribution in [0.2, 0.25) is 5.02 Å². The first-order valence-corrected chi connectivity index (χ1v) is 5.96. The summed E-state index contributed by atoms with van der Waals surface area (Å²) in [7, 11) is 0. The van der Waals surface area contributed by atoms with Gasteiger partial charge < -0.3 is 14.7 Å². The van der Waals surface area contributed by atoms with Crippen LogP contribution in [-0.4, -0.2) is 10.1 Å². The molecule has 2 aromatic heterocycles. The molecule has 19 heavy (non-hydrogen) atoms. The average Bonchev–Trinajstić information content (AvgIpc) is 2.97. The maximum absolute atomic E-state index is 6.10. The lowest BCUT2D eigenvalue weighted by Gasteiger charge is -1.99. The van der Waals surface area contributed by atoms with Crippen molar-refractivity contribution >= 4 is 17.3 Å². The van der Waals surface area contributed by atoms with Gasteiger partial charge in [-0.25, -0.2) is 0 Å². The second-order valence-electron chi connectivity index (χ2n) is 4.10. The Morgan fingerprint density at radius 1 is 1.26 bits per heavy atom. The maximum atomic E-state index is 6.10. The standard InChI is InChI=1S/C13H10ClN3O2/c1-7-4-5-18-11(7)12-16-13(19-17-12)9-3-2-8(15)6-10(9)14/h2-6H,15H2,1H3. The molecular formula is C13H10ClN3O2. The van der Waals surface area contributed by atoms with Gasteiger partial charge in [0.15, 0.2) is 5.76 Å². The number of halogens is 1. The smallest absolute Gasteiger partial charge is 0.259 e. The van der Waals surface area contributed by atoms with Gasteiger partial charge in [0.2, 0.25) is 5.82 Å². The van der Waals surface area contributed by atoms with Gasteiger partial charge in [0.25, 0.3) is 5.89 Å². The van der Waals surface area contributed by atoms with E-state index in [0.29, 0.717) is 33.7 Å². The number of furan rings is 1. The molecule has 0 aliphatic heterocycles. The van der Waals surface area contributed by atoms with E-state index in [1.165, 1.54) is 0 Å². The summed E-state index contributed by atoms with van der Waals surface area (Å²) in [6, 6.07) is 6.94. The van der Waals surface area contributed by atoms with Crippen molar-refractivity contribution in [2.75, 3.05) is 5.73 Å². The van der Waals surface area contributed by atoms with Crippen molar-refractivity contribution < 1.29 is 8.94 Å². The zero-order valence-electron chi connectivity index (χ0n) is 10.1. The molecular weight excluding hydrogens is 266 g/mol. The Labute approximate surface area is 114 Å². The van der Waals surface area contributed by atoms with E-state index >= 15 is 0 Å². The van der Waals surface area contributed by atoms with Crippen LogP contribution in [0.1, 0.15) is 5.56 Å². The number of nitrogens with zero attached hydrogens (tertiary/aromatic N) is 2. The molecule has 3 rings (SSSR count). The largest absolute Gasteiger partial charge is 0.461 e. The third-order valence-electron chi connectivity index (χ3n) is 2.71. The first-order chi connectivity index (χ1) is 9.15. The molecule has 0 unspecified atom stereocenters. The normalized spacial score (nSPS) is 10.8. The minimum absolute atomic E-state index is 0.329. The van der Waals surface area contributed by atoms with Crippen LogP contribution in [0.4, 0.5) is 5.69 Å². The minimum atomic E-state index is 0.329. The number of aryl methyl sites for hydroxylation is 1. The van der Waals surface area contributed by atoms with Gasteiger partial charge >= 0.3 is 0 Å². The summed E-state index contributed by atoms with van der Waals surface area (Å²) in [6.45, 7) is 1.91. The number of benzene rings is 1. The molecule has 0 aliphatic carbocycles. The fourth-order valence-electron chi connectivity index (χ4n) is 1.73. The molecule has 0 spiro atoms. The Morgan fingerprint density at radius 3 is 2.79 bits per heavy atom. The van der Waals surface area contributed by atoms with Crippen molar-refractivity contribution in [3.05, 3.63) is 41.1 Å². The number of hydrogen-bond donors (Lipinski definition) is 1. The second-order valence-corrected chi connectivity index (χ2v) is 4.50. The van der Waals surface area contributed by atoms with Crippen molar-refractivity contribution in [3.8, 4) is 23.0 Å². The number of nitrogen functional groups attached to an aromatic ring is 1. The van der Waals surface area contributed by atoms with Crippen molar-refractivity contribution in [1.82, 2.24) is 10.1 Å². The van der Waals surface area contributed by atoms with Crippen LogP contribution in [0.5, 0.6) is 0 Å². The molecule has 1 aromatic carbocycles. The van der Waals surface area contributed by atoms with Gasteiger partial charge in [-0.15, -0.1) is 0 Å². The molecule has 96 valence electrons. The van der Waals surface area contributed by atoms with E-state index in [1.54, 1.807) is 24.5 Å². The lowest BCUT2D eigenvalue weighted by atomic mass is 10.2. The third-order valence-corrected chi connectivity index (χ3v) is 3.03. The molecule has 0 radical (unpaired) electrons. The molecule has 0 aliphatic rings. The highest BCUT2D eigenvalue weighted by Gasteiger charge is 2.16. The number of hydrogen-bond acceptors (Lipinski definition) is 5. The Bertz CT molecular complexity index is 733. The summed E-state index contributed by atoms with van der Waals surface area (Å²) in [5, 5.41) is 4.35. The van der Waals surface area contributed by atoms with Crippen LogP contribution in [0.15, 0.2) is 39.5 Å². The van der Waals surface area contributed by atoms with E-state index in [9.17, 15) is 0 Å². The van der Waals surface area contributed by atoms with Crippen LogP contribution in [0.25, 0.3) is 23.0 Å². The summed E-state index contributed by atoms with van der Waals surface area (Å²) in [4.78, 5) is 4.28. The molecule has 2 N–H and O–H groups in total. The minimum Gasteiger partial charge on any atom is -0.461 e. The molecule has 6 heteroatoms. The molecule has 5 nitrogen and oxygen atoms in total. The van der Waals surface area contributed by atoms with Gasteiger partial charge in [0.1, 0.15) is 0 Å². The van der Waals surface area contributed by atoms with E-state index in [0.717, 1.165) is 5.56 Å². The monoisotopic (exact) mass is 275 g/mol. The van der Waals surface area contributed by atoms with Crippen LogP contribution in [0, 0.1) is 6.92 Å². The number of anilines is 1. The van der Waals surface area contributed by atoms with Gasteiger partial charge in [-0.2, -0.15) is 4.98 Å². The van der Waals surface area contributed by atoms with Gasteiger partial charge in [-0.1, -0.05) is 16.8 Å². The van der Waals surface area contributed by atoms with Crippen molar-refractivity contribution in [3.63, 3.8) is 0 Å². The highest BCUT2D eigenvalue weighted by Crippen LogP contribution is 2.30. The molecule has 0 saturated carbocycles. The van der Waals surface area contributed by atoms with Crippen LogP contribution in [0.3, 0.4) is 0 Å². The van der Waals surface area contributed by atoms with E-state index in [1.807, 2.05) is 13.0 Å². The third kappa shape index (κ3) is 2.08. The predicted octanol–water partition coefficient (Wildman–Crippen LogP) is 3.54. The molecule has 0 amide bonds. The van der Waals surface area contributed by atoms with Gasteiger partial charge in [-0.3, -0.25) is 0 Å². The number of rotatable bonds is 2. The van der Waals surface area contributed by atoms with Crippen molar-refractivity contribution in [2.24, 2.45) is 0 Å². The summed E-state index contributed by atoms with van der Waals surface area (Å²) >= 11 is 6.10. The van der Waals surface area contributed by atoms with E-state index in [4.69, 9.17) is 26.3 Å². The Balaban J connectivity index is 2.04. The Kier molecular flexibility index (Phi) is 2.76. The lowest BCUT2D eigenvalue weighted by Crippen LogP contribution is -1.86. The fourth-order valence-corrected chi connectivity index (χ4v) is 2.00. The first-order valence-electron chi connectivity index (χ1n) is 5.59. The molecule has 3 aromatic rings. The SMILES string of the molecule is Cc1ccoc1-c1noc(-c2ccc(N)cc2Cl)n1. The van der Waals surface area contributed by atoms with Crippen LogP contribution in [-0.2, 0) is 0 Å². The molecule has 0 atom stereocenters. The molecule has 2 heterocycles. The van der Waals surface area contributed by atoms with Crippen molar-refractivity contribution in [1.29, 1.82) is 0 Å². The van der Waals surface area contributed by atoms with Crippen molar-refractivity contribution in [2.45, 2.75) is 6.92 Å². The molecule has 0 bridgehead atoms. The lowest BCUT2D eigenvalue weighted by molar-refractivity contribution is 0.429. The summed E-state index contributed by atoms with van der Waals surface area (Å²) in [6.07, 6.45) is 1.58. The summed E-state index contributed by atoms with van der Waals surface area (Å²) in [5.74, 6) is 1.31. The average molecular weight is 276 g/mol. The Hall–Kier alpha value is -2.27. The highest BCUT2D eigenvalue weighted by atomic mass is 35.5. The van der Waals surface area contributed by atoms with Gasteiger partial charge in [0.05, 0.1) is 16.8 Å². The highest BCUT2D eigenvalue weighted by molar-refractivity contribution is 6.33. The maximum Gasteiger partial charge on any atom is 0.259 e. The van der Waals surface area contributed by atoms with E-state index in [-0.39, 0.29) is 0 Å². The van der Waals surface area contributed by atoms with Crippen LogP contribution < -0.4 is 5.73 Å². The molecule has 0 fully saturated rings. The fraction of sp³-hybridized carbons (Fsp3) is 0.0769. The summed E-state index contributed by atoms with van der Waals surface area (Å²) < 4.78 is 10.5. The van der Waals surface area contributed by atoms with Gasteiger partial charge in [0, 0.05) is 5.69 Å². The van der Waals surface area contributed by atoms with Crippen LogP contribution >= 0.6 is 11.6 Å². The number of aromatic nitrogens is 2. The predicted molar refractivity (Wildman–Crippen MR) is 71.6 cm³/mol. The zero-order valence-corrected chi connectivity index (χ0v) is 10.8. The number of nitrogens with two attached hydrogens (primary N) is 1. The van der Waals surface area contributed by atoms with E-state index in [2.05, 4.69) is 10.1 Å². The second kappa shape index (κ2) is 4.44. The Morgan fingerprint density at radius 2 is 2.11 bits per heavy atom. The quantitative estimate of drug-likeness (QED) is 0.724. The first kappa shape index (κ1) is 11.8. The topological polar surface area (TPSA) is 78.1 Å². The summed E-state index contributed by atoms with van der Waals surface area (Å²) in [5.41, 5.74) is 7.80. The van der Waals surface area contributed by atoms with Gasteiger partial charge in [-0.05, 0) is 36.8 Å². The van der Waals surface area contributed by atoms with E-state index < -0.39 is 0 Å².